The maximum Gasteiger partial charge on any atom is 0.243 e. The van der Waals surface area contributed by atoms with E-state index < -0.39 is 48.8 Å². The SMILES string of the molecule is CC1(C)CC(S(=O)(=O)C(C(=O)NC2CC2)c2c(F)cccc2F)=NO1. The Kier molecular flexibility index (Phi) is 4.30. The van der Waals surface area contributed by atoms with Crippen molar-refractivity contribution in [1.29, 1.82) is 0 Å². The monoisotopic (exact) mass is 372 g/mol. The molecule has 1 unspecified atom stereocenters. The van der Waals surface area contributed by atoms with E-state index in [1.165, 1.54) is 0 Å². The number of nitrogens with one attached hydrogen (secondary N) is 1. The Labute approximate surface area is 144 Å². The van der Waals surface area contributed by atoms with Crippen molar-refractivity contribution in [2.24, 2.45) is 5.16 Å². The predicted octanol–water partition coefficient (Wildman–Crippen LogP) is 2.21. The van der Waals surface area contributed by atoms with E-state index in [2.05, 4.69) is 10.5 Å². The van der Waals surface area contributed by atoms with Crippen LogP contribution in [-0.2, 0) is 19.5 Å². The second kappa shape index (κ2) is 6.05. The van der Waals surface area contributed by atoms with Gasteiger partial charge < -0.3 is 10.2 Å². The smallest absolute Gasteiger partial charge is 0.243 e. The lowest BCUT2D eigenvalue weighted by atomic mass is 10.1. The highest BCUT2D eigenvalue weighted by Gasteiger charge is 2.46. The average molecular weight is 372 g/mol. The van der Waals surface area contributed by atoms with Crippen LogP contribution >= 0.6 is 0 Å². The molecule has 1 saturated carbocycles. The number of nitrogens with zero attached hydrogens (tertiary/aromatic N) is 1. The third-order valence-corrected chi connectivity index (χ3v) is 5.98. The lowest BCUT2D eigenvalue weighted by Crippen LogP contribution is -2.39. The van der Waals surface area contributed by atoms with Crippen LogP contribution in [0.5, 0.6) is 0 Å². The summed E-state index contributed by atoms with van der Waals surface area (Å²) in [4.78, 5) is 17.6. The number of rotatable bonds is 4. The summed E-state index contributed by atoms with van der Waals surface area (Å²) < 4.78 is 54.4. The molecule has 3 rings (SSSR count). The Bertz CT molecular complexity index is 827. The van der Waals surface area contributed by atoms with Gasteiger partial charge in [-0.15, -0.1) is 0 Å². The van der Waals surface area contributed by atoms with Crippen molar-refractivity contribution in [3.05, 3.63) is 35.4 Å². The van der Waals surface area contributed by atoms with Crippen LogP contribution in [0.3, 0.4) is 0 Å². The second-order valence-electron chi connectivity index (χ2n) is 6.86. The molecule has 136 valence electrons. The molecule has 1 amide bonds. The quantitative estimate of drug-likeness (QED) is 0.878. The molecule has 9 heteroatoms. The predicted molar refractivity (Wildman–Crippen MR) is 86.4 cm³/mol. The van der Waals surface area contributed by atoms with E-state index in [0.717, 1.165) is 18.2 Å². The lowest BCUT2D eigenvalue weighted by molar-refractivity contribution is -0.121. The Morgan fingerprint density at radius 3 is 2.40 bits per heavy atom. The summed E-state index contributed by atoms with van der Waals surface area (Å²) in [5, 5.41) is 3.61. The van der Waals surface area contributed by atoms with E-state index in [0.29, 0.717) is 12.8 Å². The van der Waals surface area contributed by atoms with Crippen molar-refractivity contribution in [2.45, 2.75) is 50.0 Å². The highest BCUT2D eigenvalue weighted by atomic mass is 32.2. The minimum Gasteiger partial charge on any atom is -0.389 e. The molecular weight excluding hydrogens is 354 g/mol. The largest absolute Gasteiger partial charge is 0.389 e. The summed E-state index contributed by atoms with van der Waals surface area (Å²) in [6, 6.07) is 2.78. The third-order valence-electron chi connectivity index (χ3n) is 4.03. The van der Waals surface area contributed by atoms with Gasteiger partial charge in [-0.25, -0.2) is 17.2 Å². The molecule has 1 aromatic rings. The normalized spacial score (nSPS) is 20.6. The van der Waals surface area contributed by atoms with E-state index >= 15 is 0 Å². The molecule has 1 aliphatic carbocycles. The van der Waals surface area contributed by atoms with E-state index in [-0.39, 0.29) is 12.5 Å². The summed E-state index contributed by atoms with van der Waals surface area (Å²) in [6.07, 6.45) is 1.32. The summed E-state index contributed by atoms with van der Waals surface area (Å²) in [7, 11) is -4.45. The zero-order valence-electron chi connectivity index (χ0n) is 13.8. The minimum atomic E-state index is -4.45. The number of carbonyl (C=O) groups is 1. The van der Waals surface area contributed by atoms with Crippen molar-refractivity contribution in [3.63, 3.8) is 0 Å². The first kappa shape index (κ1) is 17.8. The van der Waals surface area contributed by atoms with Crippen LogP contribution in [0, 0.1) is 11.6 Å². The van der Waals surface area contributed by atoms with Gasteiger partial charge in [0.2, 0.25) is 15.7 Å². The van der Waals surface area contributed by atoms with Crippen molar-refractivity contribution < 1.29 is 26.8 Å². The third kappa shape index (κ3) is 3.51. The first-order valence-electron chi connectivity index (χ1n) is 7.85. The second-order valence-corrected chi connectivity index (χ2v) is 8.89. The van der Waals surface area contributed by atoms with Crippen LogP contribution in [0.25, 0.3) is 0 Å². The van der Waals surface area contributed by atoms with Gasteiger partial charge in [0.15, 0.2) is 10.3 Å². The Balaban J connectivity index is 2.06. The van der Waals surface area contributed by atoms with Gasteiger partial charge in [-0.3, -0.25) is 4.79 Å². The fraction of sp³-hybridized carbons (Fsp3) is 0.500. The molecular formula is C16H18F2N2O4S. The number of hydrogen-bond donors (Lipinski definition) is 1. The zero-order chi connectivity index (χ0) is 18.4. The Hall–Kier alpha value is -2.03. The summed E-state index contributed by atoms with van der Waals surface area (Å²) in [6.45, 7) is 3.25. The molecule has 1 atom stereocenters. The lowest BCUT2D eigenvalue weighted by Gasteiger charge is -2.19. The Morgan fingerprint density at radius 1 is 1.32 bits per heavy atom. The number of oxime groups is 1. The molecule has 1 N–H and O–H groups in total. The van der Waals surface area contributed by atoms with Crippen molar-refractivity contribution in [1.82, 2.24) is 5.32 Å². The summed E-state index contributed by atoms with van der Waals surface area (Å²) in [5.74, 6) is -3.16. The summed E-state index contributed by atoms with van der Waals surface area (Å²) in [5.41, 5.74) is -1.67. The van der Waals surface area contributed by atoms with Gasteiger partial charge in [-0.05, 0) is 38.8 Å². The van der Waals surface area contributed by atoms with Crippen LogP contribution < -0.4 is 5.32 Å². The van der Waals surface area contributed by atoms with Gasteiger partial charge in [0, 0.05) is 12.5 Å². The fourth-order valence-electron chi connectivity index (χ4n) is 2.58. The first-order chi connectivity index (χ1) is 11.6. The van der Waals surface area contributed by atoms with Crippen LogP contribution in [0.2, 0.25) is 0 Å². The first-order valence-corrected chi connectivity index (χ1v) is 9.40. The average Bonchev–Trinajstić information content (AvgIpc) is 3.23. The maximum atomic E-state index is 14.2. The minimum absolute atomic E-state index is 0.0847. The number of hydrogen-bond acceptors (Lipinski definition) is 5. The number of halogens is 2. The van der Waals surface area contributed by atoms with Crippen molar-refractivity contribution in [3.8, 4) is 0 Å². The molecule has 0 bridgehead atoms. The molecule has 6 nitrogen and oxygen atoms in total. The highest BCUT2D eigenvalue weighted by Crippen LogP contribution is 2.35. The number of sulfone groups is 1. The molecule has 0 spiro atoms. The van der Waals surface area contributed by atoms with E-state index in [9.17, 15) is 22.0 Å². The van der Waals surface area contributed by atoms with Crippen molar-refractivity contribution >= 4 is 20.8 Å². The molecule has 1 fully saturated rings. The van der Waals surface area contributed by atoms with Gasteiger partial charge in [-0.2, -0.15) is 0 Å². The molecule has 0 radical (unpaired) electrons. The number of amides is 1. The number of carbonyl (C=O) groups excluding carboxylic acids is 1. The van der Waals surface area contributed by atoms with E-state index in [4.69, 9.17) is 4.84 Å². The van der Waals surface area contributed by atoms with Gasteiger partial charge in [0.05, 0.1) is 5.56 Å². The molecule has 25 heavy (non-hydrogen) atoms. The summed E-state index contributed by atoms with van der Waals surface area (Å²) >= 11 is 0. The molecule has 0 saturated heterocycles. The van der Waals surface area contributed by atoms with Crippen LogP contribution in [-0.4, -0.2) is 31.0 Å². The van der Waals surface area contributed by atoms with Crippen LogP contribution in [0.1, 0.15) is 43.9 Å². The maximum absolute atomic E-state index is 14.2. The molecule has 1 heterocycles. The van der Waals surface area contributed by atoms with Gasteiger partial charge >= 0.3 is 0 Å². The highest BCUT2D eigenvalue weighted by molar-refractivity contribution is 8.07. The zero-order valence-corrected chi connectivity index (χ0v) is 14.6. The molecule has 2 aliphatic rings. The topological polar surface area (TPSA) is 84.8 Å². The molecule has 1 aromatic carbocycles. The van der Waals surface area contributed by atoms with Crippen molar-refractivity contribution in [2.75, 3.05) is 0 Å². The van der Waals surface area contributed by atoms with Gasteiger partial charge in [0.1, 0.15) is 17.2 Å². The molecule has 1 aliphatic heterocycles. The molecule has 0 aromatic heterocycles. The fourth-order valence-corrected chi connectivity index (χ4v) is 4.43. The van der Waals surface area contributed by atoms with E-state index in [1.807, 2.05) is 0 Å². The van der Waals surface area contributed by atoms with Crippen LogP contribution in [0.4, 0.5) is 8.78 Å². The van der Waals surface area contributed by atoms with Gasteiger partial charge in [0.25, 0.3) is 0 Å². The van der Waals surface area contributed by atoms with E-state index in [1.54, 1.807) is 13.8 Å². The standard InChI is InChI=1S/C16H18F2N2O4S/c1-16(2)8-12(20-24-16)25(22,23)14(15(21)19-9-6-7-9)13-10(17)4-3-5-11(13)18/h3-5,9,14H,6-8H2,1-2H3,(H,19,21). The van der Waals surface area contributed by atoms with Gasteiger partial charge in [-0.1, -0.05) is 11.2 Å². The Morgan fingerprint density at radius 2 is 1.92 bits per heavy atom. The number of benzene rings is 1. The van der Waals surface area contributed by atoms with Crippen LogP contribution in [0.15, 0.2) is 23.4 Å².